The van der Waals surface area contributed by atoms with E-state index < -0.39 is 16.7 Å². The maximum Gasteiger partial charge on any atom is 0.269 e. The molecule has 0 saturated carbocycles. The highest BCUT2D eigenvalue weighted by atomic mass is 16.6. The van der Waals surface area contributed by atoms with E-state index in [0.29, 0.717) is 11.3 Å². The zero-order chi connectivity index (χ0) is 14.7. The van der Waals surface area contributed by atoms with Crippen molar-refractivity contribution in [1.82, 2.24) is 10.2 Å². The van der Waals surface area contributed by atoms with Crippen LogP contribution in [0.3, 0.4) is 0 Å². The highest BCUT2D eigenvalue weighted by Gasteiger charge is 2.23. The molecule has 0 radical (unpaired) electrons. The van der Waals surface area contributed by atoms with Crippen molar-refractivity contribution in [2.45, 2.75) is 6.54 Å². The fourth-order valence-corrected chi connectivity index (χ4v) is 2.01. The zero-order valence-electron chi connectivity index (χ0n) is 10.5. The van der Waals surface area contributed by atoms with Crippen molar-refractivity contribution in [3.8, 4) is 0 Å². The largest absolute Gasteiger partial charge is 0.324 e. The number of carbonyl (C=O) groups excluding carboxylic acids is 2. The summed E-state index contributed by atoms with van der Waals surface area (Å²) in [7, 11) is 0. The number of nitro groups is 1. The van der Waals surface area contributed by atoms with Crippen molar-refractivity contribution < 1.29 is 14.5 Å². The number of hydrogen-bond donors (Lipinski definition) is 3. The maximum atomic E-state index is 11.3. The summed E-state index contributed by atoms with van der Waals surface area (Å²) in [5.41, 5.74) is 3.42. The lowest BCUT2D eigenvalue weighted by Gasteiger charge is -2.25. The Balaban J connectivity index is 2.22. The van der Waals surface area contributed by atoms with Crippen LogP contribution in [0.15, 0.2) is 18.2 Å². The Morgan fingerprint density at radius 2 is 2.00 bits per heavy atom. The molecule has 2 amide bonds. The average Bonchev–Trinajstić information content (AvgIpc) is 2.37. The van der Waals surface area contributed by atoms with Gasteiger partial charge in [0.2, 0.25) is 11.8 Å². The van der Waals surface area contributed by atoms with Crippen molar-refractivity contribution in [2.24, 2.45) is 5.84 Å². The predicted molar refractivity (Wildman–Crippen MR) is 69.3 cm³/mol. The minimum atomic E-state index is -0.516. The molecule has 4 N–H and O–H groups in total. The van der Waals surface area contributed by atoms with Crippen LogP contribution in [-0.2, 0) is 16.1 Å². The first-order chi connectivity index (χ1) is 9.49. The lowest BCUT2D eigenvalue weighted by Crippen LogP contribution is -2.50. The number of anilines is 1. The van der Waals surface area contributed by atoms with Crippen LogP contribution >= 0.6 is 0 Å². The Bertz CT molecular complexity index is 558. The molecule has 9 nitrogen and oxygen atoms in total. The Hall–Kier alpha value is -2.52. The van der Waals surface area contributed by atoms with E-state index in [-0.39, 0.29) is 25.3 Å². The van der Waals surface area contributed by atoms with Crippen LogP contribution in [0.1, 0.15) is 5.56 Å². The topological polar surface area (TPSA) is 131 Å². The Morgan fingerprint density at radius 3 is 2.55 bits per heavy atom. The fourth-order valence-electron chi connectivity index (χ4n) is 2.01. The normalized spacial score (nSPS) is 15.8. The SMILES string of the molecule is NNc1ccc([N+](=O)[O-])cc1CN1CC(=O)NC(=O)C1. The number of nitrogens with zero attached hydrogens (tertiary/aromatic N) is 2. The summed E-state index contributed by atoms with van der Waals surface area (Å²) in [6.07, 6.45) is 0. The molecule has 1 saturated heterocycles. The number of nitrogen functional groups attached to an aromatic ring is 1. The van der Waals surface area contributed by atoms with Crippen LogP contribution in [0.5, 0.6) is 0 Å². The van der Waals surface area contributed by atoms with Crippen LogP contribution in [0.4, 0.5) is 11.4 Å². The standard InChI is InChI=1S/C11H13N5O4/c12-14-9-2-1-8(16(19)20)3-7(9)4-15-5-10(17)13-11(18)6-15/h1-3,14H,4-6,12H2,(H,13,17,18). The van der Waals surface area contributed by atoms with E-state index in [9.17, 15) is 19.7 Å². The molecule has 1 heterocycles. The Labute approximate surface area is 113 Å². The fraction of sp³-hybridized carbons (Fsp3) is 0.273. The van der Waals surface area contributed by atoms with Gasteiger partial charge in [-0.15, -0.1) is 0 Å². The summed E-state index contributed by atoms with van der Waals surface area (Å²) in [6.45, 7) is 0.317. The van der Waals surface area contributed by atoms with E-state index in [2.05, 4.69) is 10.7 Å². The smallest absolute Gasteiger partial charge is 0.269 e. The quantitative estimate of drug-likeness (QED) is 0.288. The van der Waals surface area contributed by atoms with Crippen molar-refractivity contribution >= 4 is 23.2 Å². The van der Waals surface area contributed by atoms with Crippen LogP contribution in [-0.4, -0.2) is 34.7 Å². The molecule has 1 aliphatic rings. The summed E-state index contributed by atoms with van der Waals surface area (Å²) < 4.78 is 0. The third kappa shape index (κ3) is 3.08. The molecule has 1 aromatic carbocycles. The molecule has 20 heavy (non-hydrogen) atoms. The second-order valence-corrected chi connectivity index (χ2v) is 4.36. The monoisotopic (exact) mass is 279 g/mol. The Morgan fingerprint density at radius 1 is 1.35 bits per heavy atom. The summed E-state index contributed by atoms with van der Waals surface area (Å²) in [4.78, 5) is 34.4. The lowest BCUT2D eigenvalue weighted by molar-refractivity contribution is -0.384. The number of piperazine rings is 1. The molecule has 1 aromatic rings. The number of benzene rings is 1. The second-order valence-electron chi connectivity index (χ2n) is 4.36. The molecule has 1 aliphatic heterocycles. The van der Waals surface area contributed by atoms with Gasteiger partial charge in [-0.2, -0.15) is 0 Å². The first-order valence-electron chi connectivity index (χ1n) is 5.78. The minimum absolute atomic E-state index is 0.0540. The van der Waals surface area contributed by atoms with Crippen molar-refractivity contribution in [1.29, 1.82) is 0 Å². The number of rotatable bonds is 4. The number of nitrogens with two attached hydrogens (primary N) is 1. The number of nitrogens with one attached hydrogen (secondary N) is 2. The van der Waals surface area contributed by atoms with Crippen LogP contribution in [0.2, 0.25) is 0 Å². The number of carbonyl (C=O) groups is 2. The van der Waals surface area contributed by atoms with Gasteiger partial charge in [-0.05, 0) is 11.6 Å². The molecule has 9 heteroatoms. The van der Waals surface area contributed by atoms with E-state index in [0.717, 1.165) is 0 Å². The molecular formula is C11H13N5O4. The van der Waals surface area contributed by atoms with Gasteiger partial charge in [-0.1, -0.05) is 0 Å². The van der Waals surface area contributed by atoms with E-state index in [1.54, 1.807) is 4.90 Å². The number of hydrazine groups is 1. The van der Waals surface area contributed by atoms with Crippen LogP contribution < -0.4 is 16.6 Å². The summed E-state index contributed by atoms with van der Waals surface area (Å²) in [6, 6.07) is 4.18. The van der Waals surface area contributed by atoms with Gasteiger partial charge >= 0.3 is 0 Å². The molecule has 0 atom stereocenters. The minimum Gasteiger partial charge on any atom is -0.324 e. The van der Waals surface area contributed by atoms with E-state index >= 15 is 0 Å². The molecule has 0 unspecified atom stereocenters. The highest BCUT2D eigenvalue weighted by molar-refractivity contribution is 5.99. The molecule has 0 bridgehead atoms. The number of imide groups is 1. The third-order valence-corrected chi connectivity index (χ3v) is 2.86. The van der Waals surface area contributed by atoms with Gasteiger partial charge < -0.3 is 5.43 Å². The zero-order valence-corrected chi connectivity index (χ0v) is 10.5. The van der Waals surface area contributed by atoms with Gasteiger partial charge in [-0.25, -0.2) is 0 Å². The number of hydrogen-bond acceptors (Lipinski definition) is 7. The van der Waals surface area contributed by atoms with Crippen LogP contribution in [0, 0.1) is 10.1 Å². The Kier molecular flexibility index (Phi) is 3.91. The summed E-state index contributed by atoms with van der Waals surface area (Å²) in [5.74, 6) is 4.56. The number of non-ortho nitro benzene ring substituents is 1. The summed E-state index contributed by atoms with van der Waals surface area (Å²) >= 11 is 0. The predicted octanol–water partition coefficient (Wildman–Crippen LogP) is -0.661. The number of amides is 2. The first kappa shape index (κ1) is 13.9. The van der Waals surface area contributed by atoms with Crippen molar-refractivity contribution in [2.75, 3.05) is 18.5 Å². The van der Waals surface area contributed by atoms with E-state index in [4.69, 9.17) is 5.84 Å². The molecule has 1 fully saturated rings. The highest BCUT2D eigenvalue weighted by Crippen LogP contribution is 2.23. The first-order valence-corrected chi connectivity index (χ1v) is 5.78. The molecule has 2 rings (SSSR count). The molecule has 0 spiro atoms. The van der Waals surface area contributed by atoms with Crippen molar-refractivity contribution in [3.05, 3.63) is 33.9 Å². The van der Waals surface area contributed by atoms with E-state index in [1.165, 1.54) is 18.2 Å². The van der Waals surface area contributed by atoms with Gasteiger partial charge in [0.05, 0.1) is 23.7 Å². The van der Waals surface area contributed by atoms with Gasteiger partial charge in [-0.3, -0.25) is 35.8 Å². The number of nitro benzene ring substituents is 1. The molecule has 0 aromatic heterocycles. The lowest BCUT2D eigenvalue weighted by atomic mass is 10.1. The van der Waals surface area contributed by atoms with Crippen molar-refractivity contribution in [3.63, 3.8) is 0 Å². The van der Waals surface area contributed by atoms with Gasteiger partial charge in [0.25, 0.3) is 5.69 Å². The van der Waals surface area contributed by atoms with E-state index in [1.807, 2.05) is 0 Å². The molecule has 106 valence electrons. The van der Waals surface area contributed by atoms with Gasteiger partial charge in [0, 0.05) is 18.7 Å². The average molecular weight is 279 g/mol. The molecule has 0 aliphatic carbocycles. The van der Waals surface area contributed by atoms with Gasteiger partial charge in [0.1, 0.15) is 0 Å². The van der Waals surface area contributed by atoms with Crippen LogP contribution in [0.25, 0.3) is 0 Å². The van der Waals surface area contributed by atoms with Gasteiger partial charge in [0.15, 0.2) is 0 Å². The summed E-state index contributed by atoms with van der Waals surface area (Å²) in [5, 5.41) is 13.0. The maximum absolute atomic E-state index is 11.3. The molecular weight excluding hydrogens is 266 g/mol. The third-order valence-electron chi connectivity index (χ3n) is 2.86. The second kappa shape index (κ2) is 5.63.